The van der Waals surface area contributed by atoms with Crippen LogP contribution in [0.5, 0.6) is 0 Å². The van der Waals surface area contributed by atoms with Gasteiger partial charge in [-0.15, -0.1) is 0 Å². The highest BCUT2D eigenvalue weighted by Crippen LogP contribution is 2.13. The lowest BCUT2D eigenvalue weighted by atomic mass is 10.3. The van der Waals surface area contributed by atoms with Crippen molar-refractivity contribution < 1.29 is 4.74 Å². The fourth-order valence-electron chi connectivity index (χ4n) is 2.33. The first-order valence-electron chi connectivity index (χ1n) is 7.59. The van der Waals surface area contributed by atoms with Crippen molar-refractivity contribution in [3.63, 3.8) is 0 Å². The van der Waals surface area contributed by atoms with E-state index in [0.29, 0.717) is 5.95 Å². The van der Waals surface area contributed by atoms with E-state index in [1.165, 1.54) is 0 Å². The average molecular weight is 299 g/mol. The molecule has 1 aromatic heterocycles. The molecule has 0 saturated carbocycles. The molecule has 0 amide bonds. The molecule has 22 heavy (non-hydrogen) atoms. The molecule has 0 spiro atoms. The Morgan fingerprint density at radius 1 is 1.09 bits per heavy atom. The van der Waals surface area contributed by atoms with Crippen LogP contribution in [-0.4, -0.2) is 54.3 Å². The molecule has 0 radical (unpaired) electrons. The van der Waals surface area contributed by atoms with Gasteiger partial charge in [0.2, 0.25) is 5.95 Å². The molecule has 1 aliphatic heterocycles. The first kappa shape index (κ1) is 14.7. The summed E-state index contributed by atoms with van der Waals surface area (Å²) in [6, 6.07) is 11.8. The van der Waals surface area contributed by atoms with Crippen LogP contribution in [0.25, 0.3) is 0 Å². The molecular weight excluding hydrogens is 278 g/mol. The molecule has 0 aliphatic carbocycles. The minimum atomic E-state index is 0.600. The summed E-state index contributed by atoms with van der Waals surface area (Å²) in [6.07, 6.45) is 1.76. The van der Waals surface area contributed by atoms with E-state index in [9.17, 15) is 0 Å². The molecule has 0 atom stereocenters. The van der Waals surface area contributed by atoms with Crippen LogP contribution in [0.4, 0.5) is 17.5 Å². The highest BCUT2D eigenvalue weighted by molar-refractivity contribution is 5.54. The Bertz CT molecular complexity index is 572. The second-order valence-electron chi connectivity index (χ2n) is 5.14. The Balaban J connectivity index is 1.50. The molecule has 6 nitrogen and oxygen atoms in total. The van der Waals surface area contributed by atoms with Gasteiger partial charge >= 0.3 is 0 Å². The number of aromatic nitrogens is 2. The van der Waals surface area contributed by atoms with Crippen LogP contribution in [0.15, 0.2) is 42.6 Å². The lowest BCUT2D eigenvalue weighted by Gasteiger charge is -2.26. The van der Waals surface area contributed by atoms with Crippen LogP contribution >= 0.6 is 0 Å². The third-order valence-electron chi connectivity index (χ3n) is 3.52. The number of hydrogen-bond acceptors (Lipinski definition) is 6. The number of morpholine rings is 1. The summed E-state index contributed by atoms with van der Waals surface area (Å²) in [5.41, 5.74) is 0.980. The summed E-state index contributed by atoms with van der Waals surface area (Å²) in [5.74, 6) is 1.43. The topological polar surface area (TPSA) is 62.3 Å². The fraction of sp³-hybridized carbons (Fsp3) is 0.375. The van der Waals surface area contributed by atoms with Gasteiger partial charge in [0.05, 0.1) is 13.2 Å². The number of rotatable bonds is 6. The van der Waals surface area contributed by atoms with E-state index in [0.717, 1.165) is 50.9 Å². The number of nitrogens with one attached hydrogen (secondary N) is 2. The zero-order valence-electron chi connectivity index (χ0n) is 12.5. The van der Waals surface area contributed by atoms with Crippen molar-refractivity contribution in [2.75, 3.05) is 50.0 Å². The van der Waals surface area contributed by atoms with E-state index in [1.54, 1.807) is 6.20 Å². The van der Waals surface area contributed by atoms with Crippen molar-refractivity contribution >= 4 is 17.5 Å². The number of anilines is 3. The SMILES string of the molecule is c1ccc(Nc2nccc(NCCN3CCOCC3)n2)cc1. The summed E-state index contributed by atoms with van der Waals surface area (Å²) in [4.78, 5) is 11.1. The van der Waals surface area contributed by atoms with Gasteiger partial charge in [0, 0.05) is 38.1 Å². The van der Waals surface area contributed by atoms with Gasteiger partial charge in [-0.05, 0) is 18.2 Å². The first-order chi connectivity index (χ1) is 10.9. The number of ether oxygens (including phenoxy) is 1. The van der Waals surface area contributed by atoms with Gasteiger partial charge in [0.25, 0.3) is 0 Å². The number of hydrogen-bond donors (Lipinski definition) is 2. The van der Waals surface area contributed by atoms with Crippen LogP contribution in [0.3, 0.4) is 0 Å². The lowest BCUT2D eigenvalue weighted by molar-refractivity contribution is 0.0398. The highest BCUT2D eigenvalue weighted by Gasteiger charge is 2.09. The molecule has 3 rings (SSSR count). The summed E-state index contributed by atoms with van der Waals surface area (Å²) in [5, 5.41) is 6.54. The molecule has 2 heterocycles. The Morgan fingerprint density at radius 2 is 1.91 bits per heavy atom. The molecule has 0 unspecified atom stereocenters. The van der Waals surface area contributed by atoms with Crippen molar-refractivity contribution in [2.45, 2.75) is 0 Å². The molecule has 1 aliphatic rings. The van der Waals surface area contributed by atoms with E-state index in [-0.39, 0.29) is 0 Å². The predicted molar refractivity (Wildman–Crippen MR) is 87.5 cm³/mol. The monoisotopic (exact) mass is 299 g/mol. The maximum absolute atomic E-state index is 5.35. The second kappa shape index (κ2) is 7.72. The van der Waals surface area contributed by atoms with Gasteiger partial charge in [-0.25, -0.2) is 4.98 Å². The molecule has 1 fully saturated rings. The van der Waals surface area contributed by atoms with Gasteiger partial charge in [-0.3, -0.25) is 4.90 Å². The lowest BCUT2D eigenvalue weighted by Crippen LogP contribution is -2.39. The predicted octanol–water partition coefficient (Wildman–Crippen LogP) is 1.96. The van der Waals surface area contributed by atoms with Crippen LogP contribution in [0.1, 0.15) is 0 Å². The van der Waals surface area contributed by atoms with Gasteiger partial charge < -0.3 is 15.4 Å². The summed E-state index contributed by atoms with van der Waals surface area (Å²) >= 11 is 0. The van der Waals surface area contributed by atoms with Crippen molar-refractivity contribution in [3.8, 4) is 0 Å². The molecule has 2 aromatic rings. The van der Waals surface area contributed by atoms with Gasteiger partial charge in [0.1, 0.15) is 5.82 Å². The summed E-state index contributed by atoms with van der Waals surface area (Å²) in [6.45, 7) is 5.53. The second-order valence-corrected chi connectivity index (χ2v) is 5.14. The van der Waals surface area contributed by atoms with Crippen LogP contribution in [-0.2, 0) is 4.74 Å². The van der Waals surface area contributed by atoms with E-state index < -0.39 is 0 Å². The zero-order chi connectivity index (χ0) is 15.0. The molecule has 2 N–H and O–H groups in total. The number of benzene rings is 1. The minimum absolute atomic E-state index is 0.600. The standard InChI is InChI=1S/C16H21N5O/c1-2-4-14(5-3-1)19-16-18-7-6-15(20-16)17-8-9-21-10-12-22-13-11-21/h1-7H,8-13H2,(H2,17,18,19,20). The van der Waals surface area contributed by atoms with Crippen molar-refractivity contribution in [1.29, 1.82) is 0 Å². The van der Waals surface area contributed by atoms with E-state index >= 15 is 0 Å². The summed E-state index contributed by atoms with van der Waals surface area (Å²) < 4.78 is 5.35. The largest absolute Gasteiger partial charge is 0.379 e. The molecule has 6 heteroatoms. The van der Waals surface area contributed by atoms with E-state index in [1.807, 2.05) is 36.4 Å². The molecule has 116 valence electrons. The quantitative estimate of drug-likeness (QED) is 0.850. The molecule has 1 aromatic carbocycles. The van der Waals surface area contributed by atoms with Crippen molar-refractivity contribution in [2.24, 2.45) is 0 Å². The maximum Gasteiger partial charge on any atom is 0.229 e. The zero-order valence-corrected chi connectivity index (χ0v) is 12.5. The van der Waals surface area contributed by atoms with Crippen LogP contribution in [0.2, 0.25) is 0 Å². The number of nitrogens with zero attached hydrogens (tertiary/aromatic N) is 3. The van der Waals surface area contributed by atoms with Gasteiger partial charge in [0.15, 0.2) is 0 Å². The third-order valence-corrected chi connectivity index (χ3v) is 3.52. The van der Waals surface area contributed by atoms with E-state index in [4.69, 9.17) is 4.74 Å². The van der Waals surface area contributed by atoms with Gasteiger partial charge in [-0.2, -0.15) is 4.98 Å². The van der Waals surface area contributed by atoms with E-state index in [2.05, 4.69) is 25.5 Å². The van der Waals surface area contributed by atoms with Gasteiger partial charge in [-0.1, -0.05) is 18.2 Å². The smallest absolute Gasteiger partial charge is 0.229 e. The molecule has 0 bridgehead atoms. The average Bonchev–Trinajstić information content (AvgIpc) is 2.57. The molecule has 1 saturated heterocycles. The van der Waals surface area contributed by atoms with Crippen LogP contribution in [0, 0.1) is 0 Å². The normalized spacial score (nSPS) is 15.5. The fourth-order valence-corrected chi connectivity index (χ4v) is 2.33. The third kappa shape index (κ3) is 4.41. The maximum atomic E-state index is 5.35. The summed E-state index contributed by atoms with van der Waals surface area (Å²) in [7, 11) is 0. The Morgan fingerprint density at radius 3 is 2.73 bits per heavy atom. The Hall–Kier alpha value is -2.18. The Kier molecular flexibility index (Phi) is 5.18. The van der Waals surface area contributed by atoms with Crippen molar-refractivity contribution in [3.05, 3.63) is 42.6 Å². The van der Waals surface area contributed by atoms with Crippen LogP contribution < -0.4 is 10.6 Å². The van der Waals surface area contributed by atoms with Crippen molar-refractivity contribution in [1.82, 2.24) is 14.9 Å². The molecular formula is C16H21N5O. The number of para-hydroxylation sites is 1. The Labute approximate surface area is 130 Å². The highest BCUT2D eigenvalue weighted by atomic mass is 16.5. The minimum Gasteiger partial charge on any atom is -0.379 e. The first-order valence-corrected chi connectivity index (χ1v) is 7.59.